The zero-order valence-corrected chi connectivity index (χ0v) is 15.2. The quantitative estimate of drug-likeness (QED) is 0.786. The first-order valence-corrected chi connectivity index (χ1v) is 9.55. The molecular weight excluding hydrogens is 332 g/mol. The monoisotopic (exact) mass is 360 g/mol. The van der Waals surface area contributed by atoms with Gasteiger partial charge >= 0.3 is 0 Å². The van der Waals surface area contributed by atoms with Crippen LogP contribution in [0.15, 0.2) is 18.2 Å². The van der Waals surface area contributed by atoms with Crippen LogP contribution in [0.25, 0.3) is 0 Å². The van der Waals surface area contributed by atoms with Gasteiger partial charge < -0.3 is 20.3 Å². The third-order valence-corrected chi connectivity index (χ3v) is 4.87. The Morgan fingerprint density at radius 2 is 1.96 bits per heavy atom. The summed E-state index contributed by atoms with van der Waals surface area (Å²) in [6, 6.07) is 5.96. The molecule has 2 bridgehead atoms. The number of carbonyl (C=O) groups is 2. The highest BCUT2D eigenvalue weighted by Crippen LogP contribution is 2.18. The zero-order valence-electron chi connectivity index (χ0n) is 15.2. The van der Waals surface area contributed by atoms with E-state index >= 15 is 0 Å². The summed E-state index contributed by atoms with van der Waals surface area (Å²) >= 11 is 0. The van der Waals surface area contributed by atoms with Gasteiger partial charge in [-0.1, -0.05) is 6.07 Å². The number of nitrogens with zero attached hydrogens (tertiary/aromatic N) is 2. The number of pyridine rings is 1. The highest BCUT2D eigenvalue weighted by molar-refractivity contribution is 5.86. The summed E-state index contributed by atoms with van der Waals surface area (Å²) in [5, 5.41) is 6.20. The van der Waals surface area contributed by atoms with Gasteiger partial charge in [0.05, 0.1) is 6.54 Å². The van der Waals surface area contributed by atoms with Crippen molar-refractivity contribution in [3.63, 3.8) is 0 Å². The Morgan fingerprint density at radius 1 is 1.15 bits per heavy atom. The Bertz CT molecular complexity index is 617. The second kappa shape index (κ2) is 9.52. The van der Waals surface area contributed by atoms with E-state index < -0.39 is 0 Å². The fourth-order valence-corrected chi connectivity index (χ4v) is 3.40. The molecule has 0 atom stereocenters. The Hall–Kier alpha value is -2.15. The average Bonchev–Trinajstić information content (AvgIpc) is 2.67. The van der Waals surface area contributed by atoms with Crippen molar-refractivity contribution in [2.24, 2.45) is 5.92 Å². The van der Waals surface area contributed by atoms with Gasteiger partial charge in [0.15, 0.2) is 0 Å². The topological polar surface area (TPSA) is 83.6 Å². The maximum atomic E-state index is 12.9. The summed E-state index contributed by atoms with van der Waals surface area (Å²) in [7, 11) is 0. The minimum absolute atomic E-state index is 0.0268. The predicted molar refractivity (Wildman–Crippen MR) is 98.8 cm³/mol. The van der Waals surface area contributed by atoms with Crippen LogP contribution in [-0.2, 0) is 20.7 Å². The Labute approximate surface area is 154 Å². The summed E-state index contributed by atoms with van der Waals surface area (Å²) in [4.78, 5) is 31.5. The molecule has 2 aliphatic heterocycles. The van der Waals surface area contributed by atoms with E-state index in [1.807, 2.05) is 18.2 Å². The minimum Gasteiger partial charge on any atom is -0.381 e. The van der Waals surface area contributed by atoms with Crippen LogP contribution in [0.1, 0.15) is 31.4 Å². The molecule has 0 radical (unpaired) electrons. The van der Waals surface area contributed by atoms with Gasteiger partial charge in [-0.2, -0.15) is 0 Å². The number of amides is 2. The number of carbonyl (C=O) groups excluding carboxylic acids is 2. The molecule has 0 unspecified atom stereocenters. The maximum Gasteiger partial charge on any atom is 0.239 e. The van der Waals surface area contributed by atoms with Gasteiger partial charge in [0.25, 0.3) is 0 Å². The number of aromatic nitrogens is 1. The molecule has 1 fully saturated rings. The van der Waals surface area contributed by atoms with Crippen molar-refractivity contribution in [1.29, 1.82) is 0 Å². The van der Waals surface area contributed by atoms with E-state index in [4.69, 9.17) is 4.74 Å². The van der Waals surface area contributed by atoms with Gasteiger partial charge in [0.2, 0.25) is 11.8 Å². The highest BCUT2D eigenvalue weighted by atomic mass is 16.5. The fraction of sp³-hybridized carbons (Fsp3) is 0.632. The average molecular weight is 360 g/mol. The molecule has 26 heavy (non-hydrogen) atoms. The second-order valence-electron chi connectivity index (χ2n) is 6.89. The first-order valence-electron chi connectivity index (χ1n) is 9.55. The largest absolute Gasteiger partial charge is 0.381 e. The lowest BCUT2D eigenvalue weighted by Gasteiger charge is -2.29. The molecule has 0 spiro atoms. The number of hydrogen-bond acceptors (Lipinski definition) is 5. The van der Waals surface area contributed by atoms with Gasteiger partial charge in [-0.15, -0.1) is 0 Å². The molecule has 2 aliphatic rings. The predicted octanol–water partition coefficient (Wildman–Crippen LogP) is 1.20. The zero-order chi connectivity index (χ0) is 18.2. The lowest BCUT2D eigenvalue weighted by molar-refractivity contribution is -0.142. The van der Waals surface area contributed by atoms with Crippen LogP contribution in [0.3, 0.4) is 0 Å². The van der Waals surface area contributed by atoms with E-state index in [0.717, 1.165) is 50.2 Å². The lowest BCUT2D eigenvalue weighted by Crippen LogP contribution is -2.45. The van der Waals surface area contributed by atoms with Crippen molar-refractivity contribution < 1.29 is 14.3 Å². The van der Waals surface area contributed by atoms with E-state index in [0.29, 0.717) is 26.3 Å². The molecule has 3 rings (SSSR count). The molecule has 0 saturated carbocycles. The van der Waals surface area contributed by atoms with Crippen molar-refractivity contribution in [2.75, 3.05) is 44.7 Å². The van der Waals surface area contributed by atoms with E-state index in [2.05, 4.69) is 15.6 Å². The molecule has 0 aromatic carbocycles. The number of hydrogen-bond donors (Lipinski definition) is 2. The second-order valence-corrected chi connectivity index (χ2v) is 6.89. The van der Waals surface area contributed by atoms with E-state index in [-0.39, 0.29) is 24.3 Å². The molecular formula is C19H28N4O3. The van der Waals surface area contributed by atoms with Gasteiger partial charge in [-0.3, -0.25) is 9.59 Å². The third kappa shape index (κ3) is 5.42. The Kier molecular flexibility index (Phi) is 6.82. The van der Waals surface area contributed by atoms with Gasteiger partial charge in [0.1, 0.15) is 5.82 Å². The van der Waals surface area contributed by atoms with Crippen molar-refractivity contribution in [3.8, 4) is 0 Å². The SMILES string of the molecule is O=C1CN(C(=O)C2CCOCC2)CCCc2cccc(n2)NCCCN1. The summed E-state index contributed by atoms with van der Waals surface area (Å²) in [6.45, 7) is 3.30. The third-order valence-electron chi connectivity index (χ3n) is 4.87. The van der Waals surface area contributed by atoms with Crippen LogP contribution in [0.4, 0.5) is 5.82 Å². The molecule has 2 N–H and O–H groups in total. The summed E-state index contributed by atoms with van der Waals surface area (Å²) in [5.41, 5.74) is 1.01. The Morgan fingerprint density at radius 3 is 2.81 bits per heavy atom. The van der Waals surface area contributed by atoms with Crippen LogP contribution >= 0.6 is 0 Å². The molecule has 2 amide bonds. The molecule has 142 valence electrons. The van der Waals surface area contributed by atoms with E-state index in [1.54, 1.807) is 4.90 Å². The van der Waals surface area contributed by atoms with Crippen LogP contribution in [-0.4, -0.2) is 61.1 Å². The van der Waals surface area contributed by atoms with Crippen molar-refractivity contribution in [2.45, 2.75) is 32.1 Å². The van der Waals surface area contributed by atoms with Crippen molar-refractivity contribution >= 4 is 17.6 Å². The molecule has 0 aliphatic carbocycles. The smallest absolute Gasteiger partial charge is 0.239 e. The minimum atomic E-state index is -0.0842. The number of aryl methyl sites for hydroxylation is 1. The highest BCUT2D eigenvalue weighted by Gasteiger charge is 2.27. The molecule has 1 aromatic heterocycles. The summed E-state index contributed by atoms with van der Waals surface area (Å²) in [6.07, 6.45) is 3.87. The number of ether oxygens (including phenoxy) is 1. The van der Waals surface area contributed by atoms with Crippen LogP contribution in [0, 0.1) is 5.92 Å². The Balaban J connectivity index is 1.67. The molecule has 1 saturated heterocycles. The maximum absolute atomic E-state index is 12.9. The van der Waals surface area contributed by atoms with E-state index in [9.17, 15) is 9.59 Å². The molecule has 1 aromatic rings. The number of rotatable bonds is 1. The van der Waals surface area contributed by atoms with Crippen LogP contribution < -0.4 is 10.6 Å². The molecule has 7 heteroatoms. The van der Waals surface area contributed by atoms with Crippen molar-refractivity contribution in [3.05, 3.63) is 23.9 Å². The van der Waals surface area contributed by atoms with Gasteiger partial charge in [-0.05, 0) is 44.2 Å². The first kappa shape index (κ1) is 18.6. The molecule has 7 nitrogen and oxygen atoms in total. The number of anilines is 1. The molecule has 3 heterocycles. The van der Waals surface area contributed by atoms with Gasteiger partial charge in [-0.25, -0.2) is 4.98 Å². The normalized spacial score (nSPS) is 20.6. The number of fused-ring (bicyclic) bond motifs is 2. The summed E-state index contributed by atoms with van der Waals surface area (Å²) in [5.74, 6) is 0.833. The van der Waals surface area contributed by atoms with Gasteiger partial charge in [0, 0.05) is 44.5 Å². The first-order chi connectivity index (χ1) is 12.7. The standard InChI is InChI=1S/C19H28N4O3/c24-18-14-23(19(25)15-7-12-26-13-8-15)11-2-5-16-4-1-6-17(22-16)20-9-3-10-21-18/h1,4,6,15H,2-3,5,7-14H2,(H,20,22)(H,21,24). The van der Waals surface area contributed by atoms with Crippen molar-refractivity contribution in [1.82, 2.24) is 15.2 Å². The fourth-order valence-electron chi connectivity index (χ4n) is 3.40. The van der Waals surface area contributed by atoms with Crippen LogP contribution in [0.5, 0.6) is 0 Å². The lowest BCUT2D eigenvalue weighted by atomic mass is 9.98. The van der Waals surface area contributed by atoms with Crippen LogP contribution in [0.2, 0.25) is 0 Å². The van der Waals surface area contributed by atoms with E-state index in [1.165, 1.54) is 0 Å². The number of nitrogens with one attached hydrogen (secondary N) is 2. The summed E-state index contributed by atoms with van der Waals surface area (Å²) < 4.78 is 5.36.